The van der Waals surface area contributed by atoms with Crippen LogP contribution in [0.2, 0.25) is 0 Å². The molecule has 0 aliphatic carbocycles. The lowest BCUT2D eigenvalue weighted by Gasteiger charge is -2.20. The maximum absolute atomic E-state index is 12.9. The molecule has 1 aromatic heterocycles. The second-order valence-electron chi connectivity index (χ2n) is 6.19. The summed E-state index contributed by atoms with van der Waals surface area (Å²) in [5.41, 5.74) is 2.18. The molecule has 1 aliphatic rings. The number of para-hydroxylation sites is 1. The Morgan fingerprint density at radius 3 is 2.75 bits per heavy atom. The van der Waals surface area contributed by atoms with Gasteiger partial charge in [0.25, 0.3) is 5.91 Å². The number of amides is 1. The van der Waals surface area contributed by atoms with E-state index in [4.69, 9.17) is 9.47 Å². The second-order valence-corrected chi connectivity index (χ2v) is 6.19. The normalized spacial score (nSPS) is 11.9. The van der Waals surface area contributed by atoms with Gasteiger partial charge >= 0.3 is 0 Å². The Kier molecular flexibility index (Phi) is 5.05. The predicted molar refractivity (Wildman–Crippen MR) is 106 cm³/mol. The first-order valence-electron chi connectivity index (χ1n) is 9.07. The Hall–Kier alpha value is -3.61. The molecule has 28 heavy (non-hydrogen) atoms. The number of hydrogen-bond acceptors (Lipinski definition) is 6. The van der Waals surface area contributed by atoms with Gasteiger partial charge in [-0.3, -0.25) is 4.79 Å². The van der Waals surface area contributed by atoms with Crippen LogP contribution in [0.3, 0.4) is 0 Å². The number of carbonyl (C=O) groups is 1. The molecular formula is C21H20N4O3. The molecule has 7 heteroatoms. The number of rotatable bonds is 6. The first-order valence-corrected chi connectivity index (χ1v) is 9.07. The average molecular weight is 376 g/mol. The van der Waals surface area contributed by atoms with E-state index in [2.05, 4.69) is 15.3 Å². The molecule has 0 atom stereocenters. The van der Waals surface area contributed by atoms with E-state index in [0.717, 1.165) is 22.7 Å². The van der Waals surface area contributed by atoms with Crippen molar-refractivity contribution in [2.45, 2.75) is 13.5 Å². The molecule has 0 bridgehead atoms. The van der Waals surface area contributed by atoms with Crippen molar-refractivity contribution in [3.8, 4) is 11.5 Å². The van der Waals surface area contributed by atoms with Gasteiger partial charge in [0.1, 0.15) is 5.69 Å². The molecule has 0 spiro atoms. The van der Waals surface area contributed by atoms with Gasteiger partial charge in [-0.05, 0) is 42.8 Å². The quantitative estimate of drug-likeness (QED) is 0.710. The first kappa shape index (κ1) is 17.8. The van der Waals surface area contributed by atoms with Crippen molar-refractivity contribution in [2.75, 3.05) is 23.6 Å². The van der Waals surface area contributed by atoms with Gasteiger partial charge in [0.2, 0.25) is 12.7 Å². The Labute approximate surface area is 163 Å². The van der Waals surface area contributed by atoms with Crippen LogP contribution >= 0.6 is 0 Å². The molecule has 1 amide bonds. The number of nitrogens with one attached hydrogen (secondary N) is 1. The fourth-order valence-electron chi connectivity index (χ4n) is 2.98. The summed E-state index contributed by atoms with van der Waals surface area (Å²) < 4.78 is 10.7. The lowest BCUT2D eigenvalue weighted by molar-refractivity contribution is 0.0983. The molecule has 0 fully saturated rings. The summed E-state index contributed by atoms with van der Waals surface area (Å²) in [7, 11) is 0. The van der Waals surface area contributed by atoms with Gasteiger partial charge in [0.05, 0.1) is 0 Å². The molecule has 1 aliphatic heterocycles. The number of aromatic nitrogens is 2. The molecule has 3 aromatic rings. The largest absolute Gasteiger partial charge is 0.454 e. The van der Waals surface area contributed by atoms with Crippen LogP contribution in [0.4, 0.5) is 11.6 Å². The van der Waals surface area contributed by atoms with Crippen LogP contribution in [-0.4, -0.2) is 29.2 Å². The molecule has 7 nitrogen and oxygen atoms in total. The maximum Gasteiger partial charge on any atom is 0.277 e. The second kappa shape index (κ2) is 7.96. The third-order valence-corrected chi connectivity index (χ3v) is 4.39. The van der Waals surface area contributed by atoms with Crippen molar-refractivity contribution < 1.29 is 14.3 Å². The van der Waals surface area contributed by atoms with E-state index in [0.29, 0.717) is 24.7 Å². The van der Waals surface area contributed by atoms with Gasteiger partial charge in [0, 0.05) is 25.0 Å². The zero-order chi connectivity index (χ0) is 19.3. The molecule has 2 aromatic carbocycles. The van der Waals surface area contributed by atoms with Crippen molar-refractivity contribution >= 4 is 17.5 Å². The molecule has 4 rings (SSSR count). The van der Waals surface area contributed by atoms with E-state index in [-0.39, 0.29) is 12.7 Å². The van der Waals surface area contributed by atoms with Gasteiger partial charge in [-0.25, -0.2) is 9.97 Å². The Morgan fingerprint density at radius 1 is 1.11 bits per heavy atom. The number of fused-ring (bicyclic) bond motifs is 1. The van der Waals surface area contributed by atoms with Crippen LogP contribution in [-0.2, 0) is 6.54 Å². The van der Waals surface area contributed by atoms with Crippen LogP contribution in [0.25, 0.3) is 0 Å². The highest BCUT2D eigenvalue weighted by atomic mass is 16.7. The molecule has 2 heterocycles. The summed E-state index contributed by atoms with van der Waals surface area (Å²) in [5, 5.41) is 3.15. The highest BCUT2D eigenvalue weighted by Crippen LogP contribution is 2.32. The fourth-order valence-corrected chi connectivity index (χ4v) is 2.98. The minimum absolute atomic E-state index is 0.165. The van der Waals surface area contributed by atoms with Gasteiger partial charge in [-0.15, -0.1) is 0 Å². The van der Waals surface area contributed by atoms with Gasteiger partial charge in [-0.2, -0.15) is 0 Å². The summed E-state index contributed by atoms with van der Waals surface area (Å²) in [5.74, 6) is 1.70. The topological polar surface area (TPSA) is 76.6 Å². The summed E-state index contributed by atoms with van der Waals surface area (Å²) in [6, 6.07) is 16.9. The highest BCUT2D eigenvalue weighted by molar-refractivity contribution is 6.04. The maximum atomic E-state index is 12.9. The zero-order valence-corrected chi connectivity index (χ0v) is 15.5. The van der Waals surface area contributed by atoms with Crippen molar-refractivity contribution in [3.05, 3.63) is 72.1 Å². The van der Waals surface area contributed by atoms with Crippen LogP contribution in [0.15, 0.2) is 60.8 Å². The molecule has 0 radical (unpaired) electrons. The van der Waals surface area contributed by atoms with Crippen molar-refractivity contribution in [2.24, 2.45) is 0 Å². The van der Waals surface area contributed by atoms with E-state index >= 15 is 0 Å². The lowest BCUT2D eigenvalue weighted by Crippen LogP contribution is -2.31. The smallest absolute Gasteiger partial charge is 0.277 e. The fraction of sp³-hybridized carbons (Fsp3) is 0.190. The minimum atomic E-state index is -0.165. The average Bonchev–Trinajstić information content (AvgIpc) is 3.21. The van der Waals surface area contributed by atoms with Gasteiger partial charge in [0.15, 0.2) is 11.5 Å². The summed E-state index contributed by atoms with van der Waals surface area (Å²) >= 11 is 0. The number of ether oxygens (including phenoxy) is 2. The minimum Gasteiger partial charge on any atom is -0.454 e. The number of nitrogens with zero attached hydrogens (tertiary/aromatic N) is 3. The monoisotopic (exact) mass is 376 g/mol. The standard InChI is InChI=1S/C21H20N4O3/c1-2-25(16-6-4-3-5-7-16)20(26)17-10-11-22-21(24-17)23-13-15-8-9-18-19(12-15)28-14-27-18/h3-12H,2,13-14H2,1H3,(H,22,23,24). The van der Waals surface area contributed by atoms with Crippen LogP contribution in [0.5, 0.6) is 11.5 Å². The van der Waals surface area contributed by atoms with E-state index in [1.54, 1.807) is 17.2 Å². The number of carbonyl (C=O) groups excluding carboxylic acids is 1. The summed E-state index contributed by atoms with van der Waals surface area (Å²) in [6.45, 7) is 3.23. The Balaban J connectivity index is 1.47. The predicted octanol–water partition coefficient (Wildman–Crippen LogP) is 3.48. The van der Waals surface area contributed by atoms with Gasteiger partial charge in [-0.1, -0.05) is 24.3 Å². The number of anilines is 2. The van der Waals surface area contributed by atoms with Crippen LogP contribution < -0.4 is 19.7 Å². The first-order chi connectivity index (χ1) is 13.7. The van der Waals surface area contributed by atoms with Crippen molar-refractivity contribution in [3.63, 3.8) is 0 Å². The Bertz CT molecular complexity index is 978. The van der Waals surface area contributed by atoms with E-state index in [1.165, 1.54) is 0 Å². The third kappa shape index (κ3) is 3.73. The molecule has 0 unspecified atom stereocenters. The SMILES string of the molecule is CCN(C(=O)c1ccnc(NCc2ccc3c(c2)OCO3)n1)c1ccccc1. The summed E-state index contributed by atoms with van der Waals surface area (Å²) in [6.07, 6.45) is 1.58. The zero-order valence-electron chi connectivity index (χ0n) is 15.5. The number of hydrogen-bond donors (Lipinski definition) is 1. The summed E-state index contributed by atoms with van der Waals surface area (Å²) in [4.78, 5) is 23.2. The van der Waals surface area contributed by atoms with E-state index in [1.807, 2.05) is 55.5 Å². The van der Waals surface area contributed by atoms with Gasteiger partial charge < -0.3 is 19.7 Å². The Morgan fingerprint density at radius 2 is 1.93 bits per heavy atom. The van der Waals surface area contributed by atoms with E-state index in [9.17, 15) is 4.79 Å². The third-order valence-electron chi connectivity index (χ3n) is 4.39. The molecule has 0 saturated heterocycles. The molecular weight excluding hydrogens is 356 g/mol. The van der Waals surface area contributed by atoms with Crippen LogP contribution in [0.1, 0.15) is 23.0 Å². The van der Waals surface area contributed by atoms with E-state index < -0.39 is 0 Å². The molecule has 142 valence electrons. The van der Waals surface area contributed by atoms with Crippen molar-refractivity contribution in [1.82, 2.24) is 9.97 Å². The number of benzene rings is 2. The molecule has 0 saturated carbocycles. The van der Waals surface area contributed by atoms with Crippen molar-refractivity contribution in [1.29, 1.82) is 0 Å². The van der Waals surface area contributed by atoms with Crippen LogP contribution in [0, 0.1) is 0 Å². The lowest BCUT2D eigenvalue weighted by atomic mass is 10.2. The highest BCUT2D eigenvalue weighted by Gasteiger charge is 2.18. The molecule has 1 N–H and O–H groups in total.